The summed E-state index contributed by atoms with van der Waals surface area (Å²) in [6, 6.07) is 7.84. The van der Waals surface area contributed by atoms with Gasteiger partial charge in [0.25, 0.3) is 0 Å². The topological polar surface area (TPSA) is 72.5 Å². The van der Waals surface area contributed by atoms with Crippen LogP contribution in [0.5, 0.6) is 0 Å². The third-order valence-corrected chi connectivity index (χ3v) is 4.12. The molecule has 1 aliphatic carbocycles. The summed E-state index contributed by atoms with van der Waals surface area (Å²) in [6.07, 6.45) is 2.40. The Morgan fingerprint density at radius 2 is 1.80 bits per heavy atom. The summed E-state index contributed by atoms with van der Waals surface area (Å²) in [6.45, 7) is 3.90. The van der Waals surface area contributed by atoms with Crippen molar-refractivity contribution in [1.29, 1.82) is 0 Å². The number of carbonyl (C=O) groups excluding carboxylic acids is 1. The van der Waals surface area contributed by atoms with Crippen molar-refractivity contribution >= 4 is 15.9 Å². The first kappa shape index (κ1) is 14.7. The van der Waals surface area contributed by atoms with Crippen LogP contribution in [0.1, 0.15) is 26.7 Å². The highest BCUT2D eigenvalue weighted by atomic mass is 32.2. The molecule has 1 N–H and O–H groups in total. The van der Waals surface area contributed by atoms with Gasteiger partial charge in [0.05, 0.1) is 4.90 Å². The minimum atomic E-state index is -3.88. The largest absolute Gasteiger partial charge is 0.317 e. The molecule has 0 radical (unpaired) electrons. The Balaban J connectivity index is 2.08. The third-order valence-electron chi connectivity index (χ3n) is 2.97. The SMILES string of the molecule is CC1(C)CC(=O)C=C(NOS(=O)(=O)c2ccccc2)C1. The first-order valence-corrected chi connectivity index (χ1v) is 7.67. The Morgan fingerprint density at radius 3 is 2.40 bits per heavy atom. The molecule has 0 saturated carbocycles. The summed E-state index contributed by atoms with van der Waals surface area (Å²) in [5.41, 5.74) is 2.68. The van der Waals surface area contributed by atoms with Gasteiger partial charge < -0.3 is 0 Å². The van der Waals surface area contributed by atoms with Gasteiger partial charge in [-0.15, -0.1) is 4.28 Å². The first-order valence-electron chi connectivity index (χ1n) is 6.26. The average molecular weight is 295 g/mol. The zero-order valence-corrected chi connectivity index (χ0v) is 12.2. The molecule has 2 rings (SSSR count). The molecule has 1 aliphatic rings. The van der Waals surface area contributed by atoms with E-state index in [9.17, 15) is 13.2 Å². The lowest BCUT2D eigenvalue weighted by molar-refractivity contribution is -0.117. The maximum absolute atomic E-state index is 11.9. The molecule has 0 saturated heterocycles. The molecular weight excluding hydrogens is 278 g/mol. The van der Waals surface area contributed by atoms with Crippen molar-refractivity contribution in [2.75, 3.05) is 0 Å². The average Bonchev–Trinajstić information content (AvgIpc) is 2.35. The van der Waals surface area contributed by atoms with Crippen molar-refractivity contribution in [3.63, 3.8) is 0 Å². The molecular formula is C14H17NO4S. The highest BCUT2D eigenvalue weighted by molar-refractivity contribution is 7.86. The van der Waals surface area contributed by atoms with E-state index in [4.69, 9.17) is 4.28 Å². The smallest absolute Gasteiger partial charge is 0.295 e. The van der Waals surface area contributed by atoms with Crippen molar-refractivity contribution in [3.05, 3.63) is 42.1 Å². The maximum Gasteiger partial charge on any atom is 0.317 e. The summed E-state index contributed by atoms with van der Waals surface area (Å²) >= 11 is 0. The van der Waals surface area contributed by atoms with Crippen LogP contribution in [0.4, 0.5) is 0 Å². The molecule has 0 fully saturated rings. The summed E-state index contributed by atoms with van der Waals surface area (Å²) in [5, 5.41) is 0. The van der Waals surface area contributed by atoms with Crippen molar-refractivity contribution in [1.82, 2.24) is 5.48 Å². The Hall–Kier alpha value is -1.66. The lowest BCUT2D eigenvalue weighted by atomic mass is 9.79. The number of hydrogen-bond acceptors (Lipinski definition) is 5. The van der Waals surface area contributed by atoms with Crippen LogP contribution in [0.15, 0.2) is 47.0 Å². The Morgan fingerprint density at radius 1 is 1.15 bits per heavy atom. The molecule has 108 valence electrons. The van der Waals surface area contributed by atoms with E-state index in [1.165, 1.54) is 18.2 Å². The zero-order valence-electron chi connectivity index (χ0n) is 11.4. The molecule has 6 heteroatoms. The zero-order chi connectivity index (χ0) is 14.8. The lowest BCUT2D eigenvalue weighted by Gasteiger charge is -2.28. The summed E-state index contributed by atoms with van der Waals surface area (Å²) in [5.74, 6) is -0.0375. The highest BCUT2D eigenvalue weighted by Crippen LogP contribution is 2.32. The van der Waals surface area contributed by atoms with Crippen molar-refractivity contribution < 1.29 is 17.5 Å². The second-order valence-corrected chi connectivity index (χ2v) is 7.15. The molecule has 0 aromatic heterocycles. The Kier molecular flexibility index (Phi) is 3.96. The predicted molar refractivity (Wildman–Crippen MR) is 74.0 cm³/mol. The van der Waals surface area contributed by atoms with Crippen LogP contribution in [0.3, 0.4) is 0 Å². The van der Waals surface area contributed by atoms with Gasteiger partial charge in [-0.1, -0.05) is 32.0 Å². The van der Waals surface area contributed by atoms with Crippen LogP contribution in [0.2, 0.25) is 0 Å². The number of benzene rings is 1. The monoisotopic (exact) mass is 295 g/mol. The number of hydroxylamine groups is 1. The van der Waals surface area contributed by atoms with Crippen LogP contribution in [0.25, 0.3) is 0 Å². The van der Waals surface area contributed by atoms with Gasteiger partial charge >= 0.3 is 10.1 Å². The van der Waals surface area contributed by atoms with Gasteiger partial charge in [0.2, 0.25) is 0 Å². The molecule has 1 aromatic rings. The van der Waals surface area contributed by atoms with Crippen molar-refractivity contribution in [3.8, 4) is 0 Å². The van der Waals surface area contributed by atoms with Crippen LogP contribution >= 0.6 is 0 Å². The summed E-state index contributed by atoms with van der Waals surface area (Å²) < 4.78 is 28.6. The second-order valence-electron chi connectivity index (χ2n) is 5.61. The summed E-state index contributed by atoms with van der Waals surface area (Å²) in [4.78, 5) is 11.6. The van der Waals surface area contributed by atoms with Gasteiger partial charge in [-0.05, 0) is 24.0 Å². The Labute approximate surface area is 118 Å². The number of ketones is 1. The van der Waals surface area contributed by atoms with Gasteiger partial charge in [0.1, 0.15) is 0 Å². The van der Waals surface area contributed by atoms with Crippen LogP contribution in [0, 0.1) is 5.41 Å². The Bertz CT molecular complexity index is 632. The van der Waals surface area contributed by atoms with E-state index in [1.807, 2.05) is 13.8 Å². The minimum Gasteiger partial charge on any atom is -0.295 e. The van der Waals surface area contributed by atoms with Crippen molar-refractivity contribution in [2.24, 2.45) is 5.41 Å². The maximum atomic E-state index is 11.9. The molecule has 0 unspecified atom stereocenters. The standard InChI is InChI=1S/C14H17NO4S/c1-14(2)9-11(8-12(16)10-14)15-19-20(17,18)13-6-4-3-5-7-13/h3-8,15H,9-10H2,1-2H3. The molecule has 0 aliphatic heterocycles. The number of allylic oxidation sites excluding steroid dienone is 2. The van der Waals surface area contributed by atoms with E-state index in [2.05, 4.69) is 5.48 Å². The molecule has 1 aromatic carbocycles. The molecule has 0 bridgehead atoms. The fraction of sp³-hybridized carbons (Fsp3) is 0.357. The highest BCUT2D eigenvalue weighted by Gasteiger charge is 2.28. The predicted octanol–water partition coefficient (Wildman–Crippen LogP) is 2.17. The van der Waals surface area contributed by atoms with Gasteiger partial charge in [0, 0.05) is 18.2 Å². The molecule has 0 heterocycles. The van der Waals surface area contributed by atoms with Gasteiger partial charge in [0.15, 0.2) is 5.78 Å². The number of hydrogen-bond donors (Lipinski definition) is 1. The fourth-order valence-electron chi connectivity index (χ4n) is 2.16. The quantitative estimate of drug-likeness (QED) is 0.862. The van der Waals surface area contributed by atoms with Crippen LogP contribution < -0.4 is 5.48 Å². The minimum absolute atomic E-state index is 0.0375. The van der Waals surface area contributed by atoms with Crippen LogP contribution in [-0.2, 0) is 19.2 Å². The fourth-order valence-corrected chi connectivity index (χ4v) is 2.96. The second kappa shape index (κ2) is 5.38. The van der Waals surface area contributed by atoms with Gasteiger partial charge in [-0.3, -0.25) is 10.3 Å². The van der Waals surface area contributed by atoms with E-state index >= 15 is 0 Å². The van der Waals surface area contributed by atoms with Gasteiger partial charge in [-0.25, -0.2) is 0 Å². The van der Waals surface area contributed by atoms with E-state index in [0.29, 0.717) is 18.5 Å². The van der Waals surface area contributed by atoms with Gasteiger partial charge in [-0.2, -0.15) is 8.42 Å². The molecule has 0 spiro atoms. The van der Waals surface area contributed by atoms with E-state index in [-0.39, 0.29) is 16.1 Å². The third kappa shape index (κ3) is 3.68. The number of nitrogens with one attached hydrogen (secondary N) is 1. The van der Waals surface area contributed by atoms with E-state index in [0.717, 1.165) is 0 Å². The number of carbonyl (C=O) groups is 1. The number of rotatable bonds is 4. The van der Waals surface area contributed by atoms with E-state index in [1.54, 1.807) is 18.2 Å². The normalized spacial score (nSPS) is 18.5. The molecule has 0 amide bonds. The van der Waals surface area contributed by atoms with E-state index < -0.39 is 10.1 Å². The molecule has 0 atom stereocenters. The molecule has 20 heavy (non-hydrogen) atoms. The summed E-state index contributed by atoms with van der Waals surface area (Å²) in [7, 11) is -3.88. The van der Waals surface area contributed by atoms with Crippen LogP contribution in [-0.4, -0.2) is 14.2 Å². The molecule has 5 nitrogen and oxygen atoms in total. The van der Waals surface area contributed by atoms with Crippen molar-refractivity contribution in [2.45, 2.75) is 31.6 Å². The first-order chi connectivity index (χ1) is 9.28. The lowest BCUT2D eigenvalue weighted by Crippen LogP contribution is -2.29.